The third-order valence-corrected chi connectivity index (χ3v) is 7.26. The summed E-state index contributed by atoms with van der Waals surface area (Å²) in [4.78, 5) is 41.4. The molecular formula is C29H40N4O6. The molecule has 10 heteroatoms. The van der Waals surface area contributed by atoms with E-state index >= 15 is 0 Å². The highest BCUT2D eigenvalue weighted by Gasteiger charge is 2.35. The first kappa shape index (κ1) is 28.3. The molecule has 0 radical (unpaired) electrons. The molecule has 0 spiro atoms. The molecule has 0 bridgehead atoms. The first-order chi connectivity index (χ1) is 18.4. The Morgan fingerprint density at radius 3 is 2.62 bits per heavy atom. The Labute approximate surface area is 229 Å². The summed E-state index contributed by atoms with van der Waals surface area (Å²) in [7, 11) is 2.03. The van der Waals surface area contributed by atoms with Crippen LogP contribution >= 0.6 is 0 Å². The maximum Gasteiger partial charge on any atom is 0.510 e. The number of alkyl carbamates (subject to hydrolysis) is 1. The van der Waals surface area contributed by atoms with Crippen LogP contribution in [0.2, 0.25) is 0 Å². The van der Waals surface area contributed by atoms with Gasteiger partial charge >= 0.3 is 12.2 Å². The number of ether oxygens (including phenoxy) is 3. The lowest BCUT2D eigenvalue weighted by Crippen LogP contribution is -2.42. The molecular weight excluding hydrogens is 500 g/mol. The summed E-state index contributed by atoms with van der Waals surface area (Å²) in [5.74, 6) is 0.0958. The first-order valence-electron chi connectivity index (χ1n) is 13.5. The molecule has 1 aliphatic heterocycles. The fraction of sp³-hybridized carbons (Fsp3) is 0.552. The predicted octanol–water partition coefficient (Wildman–Crippen LogP) is 4.77. The van der Waals surface area contributed by atoms with Gasteiger partial charge in [0, 0.05) is 67.0 Å². The fourth-order valence-electron chi connectivity index (χ4n) is 5.14. The van der Waals surface area contributed by atoms with Crippen molar-refractivity contribution in [2.75, 3.05) is 19.8 Å². The highest BCUT2D eigenvalue weighted by atomic mass is 16.7. The van der Waals surface area contributed by atoms with Crippen LogP contribution < -0.4 is 5.32 Å². The molecule has 3 unspecified atom stereocenters. The molecule has 0 fully saturated rings. The van der Waals surface area contributed by atoms with E-state index in [0.717, 1.165) is 35.0 Å². The van der Waals surface area contributed by atoms with Gasteiger partial charge in [-0.1, -0.05) is 18.2 Å². The Balaban J connectivity index is 1.21. The summed E-state index contributed by atoms with van der Waals surface area (Å²) < 4.78 is 17.9. The summed E-state index contributed by atoms with van der Waals surface area (Å²) in [6, 6.07) is 8.08. The molecule has 0 saturated heterocycles. The van der Waals surface area contributed by atoms with Gasteiger partial charge in [-0.05, 0) is 53.5 Å². The van der Waals surface area contributed by atoms with Crippen molar-refractivity contribution in [1.82, 2.24) is 19.7 Å². The minimum absolute atomic E-state index is 0.0297. The van der Waals surface area contributed by atoms with Crippen molar-refractivity contribution >= 4 is 28.9 Å². The molecule has 3 atom stereocenters. The van der Waals surface area contributed by atoms with E-state index in [0.29, 0.717) is 19.5 Å². The van der Waals surface area contributed by atoms with Crippen LogP contribution in [0.1, 0.15) is 63.5 Å². The van der Waals surface area contributed by atoms with Crippen LogP contribution in [0, 0.1) is 5.92 Å². The Bertz CT molecular complexity index is 1250. The number of aromatic nitrogens is 1. The SMILES string of the molecule is CC(CCNC(=O)OC(C)(C)C)OC(=O)OCN1C=CN(CC2CCc3c(c4ccccc4n3C)C2=O)C1C. The number of nitrogens with zero attached hydrogens (tertiary/aromatic N) is 3. The third-order valence-electron chi connectivity index (χ3n) is 7.26. The number of ketones is 1. The van der Waals surface area contributed by atoms with Gasteiger partial charge in [0.2, 0.25) is 0 Å². The van der Waals surface area contributed by atoms with Crippen molar-refractivity contribution in [3.05, 3.63) is 47.9 Å². The van der Waals surface area contributed by atoms with Gasteiger partial charge in [-0.25, -0.2) is 9.59 Å². The number of nitrogens with one attached hydrogen (secondary N) is 1. The Hall–Kier alpha value is -3.69. The van der Waals surface area contributed by atoms with Gasteiger partial charge < -0.3 is 33.9 Å². The molecule has 2 aliphatic rings. The number of carbonyl (C=O) groups is 3. The number of para-hydroxylation sites is 1. The zero-order chi connectivity index (χ0) is 28.3. The molecule has 10 nitrogen and oxygen atoms in total. The molecule has 1 aliphatic carbocycles. The van der Waals surface area contributed by atoms with Crippen molar-refractivity contribution in [3.63, 3.8) is 0 Å². The lowest BCUT2D eigenvalue weighted by atomic mass is 9.84. The second kappa shape index (κ2) is 11.6. The van der Waals surface area contributed by atoms with Gasteiger partial charge in [-0.15, -0.1) is 0 Å². The lowest BCUT2D eigenvalue weighted by Gasteiger charge is -2.32. The van der Waals surface area contributed by atoms with E-state index in [1.54, 1.807) is 27.7 Å². The van der Waals surface area contributed by atoms with Gasteiger partial charge in [0.25, 0.3) is 0 Å². The van der Waals surface area contributed by atoms with E-state index in [2.05, 4.69) is 20.9 Å². The molecule has 1 amide bonds. The van der Waals surface area contributed by atoms with E-state index in [-0.39, 0.29) is 24.6 Å². The van der Waals surface area contributed by atoms with E-state index in [9.17, 15) is 14.4 Å². The molecule has 1 aromatic heterocycles. The standard InChI is InChI=1S/C29H40N4O6/c1-19(13-14-30-27(35)39-29(3,4)5)38-28(36)37-18-33-16-15-32(20(33)2)17-21-11-12-24-25(26(21)34)22-9-7-8-10-23(22)31(24)6/h7-10,15-16,19-21H,11-14,17-18H2,1-6H3,(H,30,35). The normalized spacial score (nSPS) is 19.7. The van der Waals surface area contributed by atoms with Crippen LogP contribution in [-0.4, -0.2) is 70.1 Å². The molecule has 212 valence electrons. The Kier molecular flexibility index (Phi) is 8.42. The van der Waals surface area contributed by atoms with Crippen molar-refractivity contribution < 1.29 is 28.6 Å². The van der Waals surface area contributed by atoms with Gasteiger partial charge in [0.1, 0.15) is 17.9 Å². The zero-order valence-corrected chi connectivity index (χ0v) is 23.7. The summed E-state index contributed by atoms with van der Waals surface area (Å²) in [6.07, 6.45) is 4.11. The Morgan fingerprint density at radius 1 is 1.15 bits per heavy atom. The monoisotopic (exact) mass is 540 g/mol. The number of aryl methyl sites for hydroxylation is 1. The maximum atomic E-state index is 13.5. The summed E-state index contributed by atoms with van der Waals surface area (Å²) in [5.41, 5.74) is 2.50. The van der Waals surface area contributed by atoms with Crippen LogP contribution in [0.3, 0.4) is 0 Å². The molecule has 0 saturated carbocycles. The molecule has 1 aromatic carbocycles. The van der Waals surface area contributed by atoms with Crippen LogP contribution in [0.4, 0.5) is 9.59 Å². The number of rotatable bonds is 8. The number of hydrogen-bond acceptors (Lipinski definition) is 8. The zero-order valence-electron chi connectivity index (χ0n) is 23.7. The largest absolute Gasteiger partial charge is 0.510 e. The smallest absolute Gasteiger partial charge is 0.444 e. The number of amides is 1. The van der Waals surface area contributed by atoms with Crippen molar-refractivity contribution in [1.29, 1.82) is 0 Å². The number of Topliss-reactive ketones (excluding diaryl/α,β-unsaturated/α-hetero) is 1. The summed E-state index contributed by atoms with van der Waals surface area (Å²) in [5, 5.41) is 3.67. The van der Waals surface area contributed by atoms with Crippen LogP contribution in [0.5, 0.6) is 0 Å². The molecule has 2 aromatic rings. The topological polar surface area (TPSA) is 102 Å². The number of benzene rings is 1. The number of hydrogen-bond donors (Lipinski definition) is 1. The fourth-order valence-corrected chi connectivity index (χ4v) is 5.14. The van der Waals surface area contributed by atoms with E-state index < -0.39 is 24.0 Å². The van der Waals surface area contributed by atoms with Gasteiger partial charge in [-0.2, -0.15) is 0 Å². The van der Waals surface area contributed by atoms with Crippen molar-refractivity contribution in [2.45, 2.75) is 71.8 Å². The lowest BCUT2D eigenvalue weighted by molar-refractivity contribution is -0.0106. The van der Waals surface area contributed by atoms with Gasteiger partial charge in [0.15, 0.2) is 12.5 Å². The van der Waals surface area contributed by atoms with Crippen LogP contribution in [0.25, 0.3) is 10.9 Å². The maximum absolute atomic E-state index is 13.5. The van der Waals surface area contributed by atoms with E-state index in [1.807, 2.05) is 49.5 Å². The quantitative estimate of drug-likeness (QED) is 0.478. The molecule has 2 heterocycles. The van der Waals surface area contributed by atoms with E-state index in [4.69, 9.17) is 14.2 Å². The van der Waals surface area contributed by atoms with Crippen molar-refractivity contribution in [2.24, 2.45) is 13.0 Å². The molecule has 4 rings (SSSR count). The van der Waals surface area contributed by atoms with E-state index in [1.165, 1.54) is 0 Å². The number of fused-ring (bicyclic) bond motifs is 3. The summed E-state index contributed by atoms with van der Waals surface area (Å²) in [6.45, 7) is 10.1. The van der Waals surface area contributed by atoms with Gasteiger partial charge in [-0.3, -0.25) is 4.79 Å². The second-order valence-electron chi connectivity index (χ2n) is 11.3. The highest BCUT2D eigenvalue weighted by Crippen LogP contribution is 2.34. The average molecular weight is 541 g/mol. The second-order valence-corrected chi connectivity index (χ2v) is 11.3. The molecule has 1 N–H and O–H groups in total. The highest BCUT2D eigenvalue weighted by molar-refractivity contribution is 6.11. The van der Waals surface area contributed by atoms with Gasteiger partial charge in [0.05, 0.1) is 0 Å². The minimum atomic E-state index is -0.773. The Morgan fingerprint density at radius 2 is 1.87 bits per heavy atom. The number of carbonyl (C=O) groups excluding carboxylic acids is 3. The average Bonchev–Trinajstić information content (AvgIpc) is 3.35. The molecule has 39 heavy (non-hydrogen) atoms. The van der Waals surface area contributed by atoms with Crippen molar-refractivity contribution in [3.8, 4) is 0 Å². The first-order valence-corrected chi connectivity index (χ1v) is 13.5. The predicted molar refractivity (Wildman–Crippen MR) is 147 cm³/mol. The van der Waals surface area contributed by atoms with Crippen LogP contribution in [-0.2, 0) is 27.7 Å². The minimum Gasteiger partial charge on any atom is -0.444 e. The summed E-state index contributed by atoms with van der Waals surface area (Å²) >= 11 is 0. The third kappa shape index (κ3) is 6.66. The van der Waals surface area contributed by atoms with Crippen LogP contribution in [0.15, 0.2) is 36.7 Å².